The first-order valence-electron chi connectivity index (χ1n) is 9.27. The third kappa shape index (κ3) is 3.74. The van der Waals surface area contributed by atoms with E-state index in [1.54, 1.807) is 6.20 Å². The second kappa shape index (κ2) is 7.84. The quantitative estimate of drug-likeness (QED) is 0.666. The summed E-state index contributed by atoms with van der Waals surface area (Å²) in [5.74, 6) is -1.98. The van der Waals surface area contributed by atoms with Crippen LogP contribution >= 0.6 is 0 Å². The Morgan fingerprint density at radius 1 is 1.17 bits per heavy atom. The van der Waals surface area contributed by atoms with Crippen molar-refractivity contribution in [2.24, 2.45) is 5.73 Å². The normalized spacial score (nSPS) is 13.1. The summed E-state index contributed by atoms with van der Waals surface area (Å²) in [6.07, 6.45) is 2.31. The molecule has 148 valence electrons. The largest absolute Gasteiger partial charge is 0.330 e. The Hall–Kier alpha value is -3.52. The topological polar surface area (TPSA) is 93.2 Å². The zero-order valence-electron chi connectivity index (χ0n) is 15.6. The van der Waals surface area contributed by atoms with Gasteiger partial charge in [0.2, 0.25) is 0 Å². The smallest absolute Gasteiger partial charge is 0.313 e. The number of benzene rings is 2. The van der Waals surface area contributed by atoms with Crippen LogP contribution in [0.2, 0.25) is 0 Å². The monoisotopic (exact) mass is 393 g/mol. The number of halogens is 1. The summed E-state index contributed by atoms with van der Waals surface area (Å²) in [6, 6.07) is 13.9. The summed E-state index contributed by atoms with van der Waals surface area (Å²) in [7, 11) is 0. The minimum Gasteiger partial charge on any atom is -0.330 e. The van der Waals surface area contributed by atoms with Crippen molar-refractivity contribution in [3.63, 3.8) is 0 Å². The number of fused-ring (bicyclic) bond motifs is 1. The van der Waals surface area contributed by atoms with Crippen molar-refractivity contribution in [1.82, 2.24) is 14.7 Å². The van der Waals surface area contributed by atoms with Gasteiger partial charge in [0.15, 0.2) is 0 Å². The average Bonchev–Trinajstić information content (AvgIpc) is 3.17. The average molecular weight is 393 g/mol. The minimum atomic E-state index is -0.802. The number of amides is 2. The van der Waals surface area contributed by atoms with Gasteiger partial charge in [-0.15, -0.1) is 0 Å². The van der Waals surface area contributed by atoms with E-state index in [1.165, 1.54) is 17.0 Å². The van der Waals surface area contributed by atoms with Crippen molar-refractivity contribution >= 4 is 17.5 Å². The molecule has 0 fully saturated rings. The third-order valence-electron chi connectivity index (χ3n) is 4.95. The number of carbonyl (C=O) groups excluding carboxylic acids is 2. The zero-order chi connectivity index (χ0) is 20.4. The molecule has 0 bridgehead atoms. The second-order valence-corrected chi connectivity index (χ2v) is 6.80. The van der Waals surface area contributed by atoms with Gasteiger partial charge in [-0.3, -0.25) is 9.59 Å². The van der Waals surface area contributed by atoms with Crippen molar-refractivity contribution in [1.29, 1.82) is 0 Å². The summed E-state index contributed by atoms with van der Waals surface area (Å²) < 4.78 is 15.7. The number of anilines is 1. The summed E-state index contributed by atoms with van der Waals surface area (Å²) >= 11 is 0. The van der Waals surface area contributed by atoms with E-state index in [1.807, 2.05) is 35.0 Å². The van der Waals surface area contributed by atoms with Crippen LogP contribution in [0, 0.1) is 5.82 Å². The van der Waals surface area contributed by atoms with Gasteiger partial charge in [0.25, 0.3) is 0 Å². The van der Waals surface area contributed by atoms with E-state index in [4.69, 9.17) is 5.73 Å². The van der Waals surface area contributed by atoms with Gasteiger partial charge in [-0.05, 0) is 24.3 Å². The number of nitrogens with zero attached hydrogens (tertiary/aromatic N) is 3. The van der Waals surface area contributed by atoms with Gasteiger partial charge in [0.1, 0.15) is 5.82 Å². The molecule has 2 amide bonds. The van der Waals surface area contributed by atoms with Crippen LogP contribution in [-0.2, 0) is 29.1 Å². The summed E-state index contributed by atoms with van der Waals surface area (Å²) in [4.78, 5) is 26.4. The molecule has 0 atom stereocenters. The Bertz CT molecular complexity index is 1060. The number of nitrogens with two attached hydrogens (primary N) is 1. The summed E-state index contributed by atoms with van der Waals surface area (Å²) in [6.45, 7) is 0.763. The van der Waals surface area contributed by atoms with E-state index in [9.17, 15) is 14.0 Å². The number of aromatic nitrogens is 2. The second-order valence-electron chi connectivity index (χ2n) is 6.80. The maximum atomic E-state index is 13.8. The first-order valence-corrected chi connectivity index (χ1v) is 9.27. The molecule has 0 spiro atoms. The predicted molar refractivity (Wildman–Crippen MR) is 106 cm³/mol. The van der Waals surface area contributed by atoms with Crippen LogP contribution in [0.4, 0.5) is 10.1 Å². The standard InChI is InChI=1S/C21H20FN5O2/c22-18-10-16(7-6-14(18)11-23)25-20(28)21(29)26-9-8-19-15(13-26)12-24-27(19)17-4-2-1-3-5-17/h1-7,10,12H,8-9,11,13,23H2,(H,25,28). The molecular weight excluding hydrogens is 373 g/mol. The van der Waals surface area contributed by atoms with E-state index < -0.39 is 17.6 Å². The van der Waals surface area contributed by atoms with E-state index in [2.05, 4.69) is 10.4 Å². The molecule has 4 rings (SSSR count). The molecule has 29 heavy (non-hydrogen) atoms. The van der Waals surface area contributed by atoms with E-state index in [0.29, 0.717) is 25.1 Å². The molecule has 7 nitrogen and oxygen atoms in total. The summed E-state index contributed by atoms with van der Waals surface area (Å²) in [5, 5.41) is 6.88. The molecule has 0 unspecified atom stereocenters. The van der Waals surface area contributed by atoms with Gasteiger partial charge >= 0.3 is 11.8 Å². The Morgan fingerprint density at radius 3 is 2.69 bits per heavy atom. The molecule has 0 saturated heterocycles. The fraction of sp³-hybridized carbons (Fsp3) is 0.190. The molecule has 1 aliphatic heterocycles. The zero-order valence-corrected chi connectivity index (χ0v) is 15.6. The highest BCUT2D eigenvalue weighted by Crippen LogP contribution is 2.22. The minimum absolute atomic E-state index is 0.0613. The summed E-state index contributed by atoms with van der Waals surface area (Å²) in [5.41, 5.74) is 8.87. The van der Waals surface area contributed by atoms with Gasteiger partial charge in [-0.2, -0.15) is 5.10 Å². The number of carbonyl (C=O) groups is 2. The SMILES string of the molecule is NCc1ccc(NC(=O)C(=O)N2CCc3c(cnn3-c3ccccc3)C2)cc1F. The van der Waals surface area contributed by atoms with Crippen LogP contribution in [0.1, 0.15) is 16.8 Å². The van der Waals surface area contributed by atoms with Crippen molar-refractivity contribution in [3.05, 3.63) is 77.4 Å². The highest BCUT2D eigenvalue weighted by Gasteiger charge is 2.28. The number of hydrogen-bond acceptors (Lipinski definition) is 4. The lowest BCUT2D eigenvalue weighted by Crippen LogP contribution is -2.42. The van der Waals surface area contributed by atoms with Crippen LogP contribution in [0.3, 0.4) is 0 Å². The highest BCUT2D eigenvalue weighted by molar-refractivity contribution is 6.39. The van der Waals surface area contributed by atoms with Crippen LogP contribution in [0.15, 0.2) is 54.7 Å². The van der Waals surface area contributed by atoms with Gasteiger partial charge in [0, 0.05) is 42.9 Å². The third-order valence-corrected chi connectivity index (χ3v) is 4.95. The lowest BCUT2D eigenvalue weighted by atomic mass is 10.1. The Kier molecular flexibility index (Phi) is 5.09. The first-order chi connectivity index (χ1) is 14.1. The van der Waals surface area contributed by atoms with Crippen molar-refractivity contribution in [3.8, 4) is 5.69 Å². The van der Waals surface area contributed by atoms with Gasteiger partial charge in [-0.25, -0.2) is 9.07 Å². The maximum Gasteiger partial charge on any atom is 0.313 e. The number of rotatable bonds is 3. The number of para-hydroxylation sites is 1. The molecule has 0 aliphatic carbocycles. The molecule has 0 saturated carbocycles. The van der Waals surface area contributed by atoms with Crippen LogP contribution in [0.5, 0.6) is 0 Å². The molecule has 2 heterocycles. The lowest BCUT2D eigenvalue weighted by molar-refractivity contribution is -0.143. The van der Waals surface area contributed by atoms with Gasteiger partial charge in [0.05, 0.1) is 17.6 Å². The highest BCUT2D eigenvalue weighted by atomic mass is 19.1. The predicted octanol–water partition coefficient (Wildman–Crippen LogP) is 1.99. The van der Waals surface area contributed by atoms with E-state index in [0.717, 1.165) is 23.0 Å². The van der Waals surface area contributed by atoms with Crippen LogP contribution in [-0.4, -0.2) is 33.0 Å². The Balaban J connectivity index is 1.45. The van der Waals surface area contributed by atoms with Crippen LogP contribution in [0.25, 0.3) is 5.69 Å². The molecule has 0 radical (unpaired) electrons. The van der Waals surface area contributed by atoms with Gasteiger partial charge < -0.3 is 16.0 Å². The molecule has 1 aromatic heterocycles. The molecule has 2 aromatic carbocycles. The molecular formula is C21H20FN5O2. The maximum absolute atomic E-state index is 13.8. The van der Waals surface area contributed by atoms with E-state index in [-0.39, 0.29) is 12.2 Å². The van der Waals surface area contributed by atoms with E-state index >= 15 is 0 Å². The number of hydrogen-bond donors (Lipinski definition) is 2. The van der Waals surface area contributed by atoms with Crippen molar-refractivity contribution in [2.75, 3.05) is 11.9 Å². The van der Waals surface area contributed by atoms with Crippen molar-refractivity contribution < 1.29 is 14.0 Å². The molecule has 8 heteroatoms. The Morgan fingerprint density at radius 2 is 1.97 bits per heavy atom. The molecule has 3 N–H and O–H groups in total. The number of nitrogens with one attached hydrogen (secondary N) is 1. The first kappa shape index (κ1) is 18.8. The van der Waals surface area contributed by atoms with Gasteiger partial charge in [-0.1, -0.05) is 24.3 Å². The molecule has 1 aliphatic rings. The lowest BCUT2D eigenvalue weighted by Gasteiger charge is -2.27. The fourth-order valence-electron chi connectivity index (χ4n) is 3.42. The van der Waals surface area contributed by atoms with Crippen molar-refractivity contribution in [2.45, 2.75) is 19.5 Å². The Labute approximate surface area is 166 Å². The fourth-order valence-corrected chi connectivity index (χ4v) is 3.42. The molecule has 3 aromatic rings. The van der Waals surface area contributed by atoms with Crippen LogP contribution < -0.4 is 11.1 Å².